The highest BCUT2D eigenvalue weighted by atomic mass is 32.2. The van der Waals surface area contributed by atoms with Crippen molar-refractivity contribution in [2.75, 3.05) is 18.4 Å². The van der Waals surface area contributed by atoms with Crippen LogP contribution in [0.5, 0.6) is 0 Å². The Labute approximate surface area is 157 Å². The van der Waals surface area contributed by atoms with Gasteiger partial charge in [-0.2, -0.15) is 17.5 Å². The van der Waals surface area contributed by atoms with E-state index in [1.807, 2.05) is 12.1 Å². The molecule has 1 aromatic carbocycles. The van der Waals surface area contributed by atoms with Gasteiger partial charge in [-0.3, -0.25) is 4.98 Å². The number of rotatable bonds is 7. The monoisotopic (exact) mass is 416 g/mol. The summed E-state index contributed by atoms with van der Waals surface area (Å²) < 4.78 is 70.0. The summed E-state index contributed by atoms with van der Waals surface area (Å²) in [5.74, 6) is 0.622. The second kappa shape index (κ2) is 7.79. The van der Waals surface area contributed by atoms with Crippen LogP contribution in [0.4, 0.5) is 19.0 Å². The van der Waals surface area contributed by atoms with E-state index >= 15 is 0 Å². The number of halogens is 3. The van der Waals surface area contributed by atoms with Gasteiger partial charge in [0.05, 0.1) is 15.2 Å². The number of nitrogens with one attached hydrogen (secondary N) is 2. The van der Waals surface area contributed by atoms with E-state index in [4.69, 9.17) is 0 Å². The smallest absolute Gasteiger partial charge is 0.367 e. The first kappa shape index (κ1) is 19.5. The first-order chi connectivity index (χ1) is 12.8. The number of nitrogens with zero attached hydrogens (tertiary/aromatic N) is 2. The van der Waals surface area contributed by atoms with Crippen LogP contribution >= 0.6 is 11.5 Å². The molecule has 0 amide bonds. The Hall–Kier alpha value is -2.24. The second-order valence-corrected chi connectivity index (χ2v) is 8.16. The third kappa shape index (κ3) is 4.73. The number of alkyl halides is 3. The van der Waals surface area contributed by atoms with Crippen LogP contribution in [0.1, 0.15) is 12.0 Å². The summed E-state index contributed by atoms with van der Waals surface area (Å²) in [6, 6.07) is 7.35. The van der Waals surface area contributed by atoms with E-state index in [0.717, 1.165) is 28.4 Å². The molecule has 0 aliphatic rings. The molecule has 0 aliphatic carbocycles. The Morgan fingerprint density at radius 1 is 1.11 bits per heavy atom. The lowest BCUT2D eigenvalue weighted by Gasteiger charge is -2.10. The average molecular weight is 416 g/mol. The van der Waals surface area contributed by atoms with Gasteiger partial charge in [-0.1, -0.05) is 6.07 Å². The van der Waals surface area contributed by atoms with Crippen LogP contribution in [0, 0.1) is 0 Å². The number of hydrogen-bond donors (Lipinski definition) is 2. The maximum absolute atomic E-state index is 12.7. The lowest BCUT2D eigenvalue weighted by molar-refractivity contribution is -0.137. The molecule has 3 rings (SSSR count). The molecule has 27 heavy (non-hydrogen) atoms. The number of fused-ring (bicyclic) bond motifs is 1. The van der Waals surface area contributed by atoms with Gasteiger partial charge in [-0.05, 0) is 48.3 Å². The zero-order valence-corrected chi connectivity index (χ0v) is 15.5. The highest BCUT2D eigenvalue weighted by Crippen LogP contribution is 2.30. The first-order valence-corrected chi connectivity index (χ1v) is 10.1. The van der Waals surface area contributed by atoms with E-state index < -0.39 is 26.7 Å². The van der Waals surface area contributed by atoms with E-state index in [-0.39, 0.29) is 6.54 Å². The van der Waals surface area contributed by atoms with Crippen molar-refractivity contribution in [3.05, 3.63) is 48.2 Å². The Morgan fingerprint density at radius 2 is 1.93 bits per heavy atom. The molecule has 0 bridgehead atoms. The minimum Gasteiger partial charge on any atom is -0.367 e. The van der Waals surface area contributed by atoms with Crippen molar-refractivity contribution >= 4 is 37.6 Å². The fraction of sp³-hybridized carbons (Fsp3) is 0.250. The van der Waals surface area contributed by atoms with Crippen LogP contribution in [0.15, 0.2) is 47.5 Å². The van der Waals surface area contributed by atoms with Crippen LogP contribution in [-0.4, -0.2) is 30.9 Å². The van der Waals surface area contributed by atoms with Crippen molar-refractivity contribution in [1.82, 2.24) is 14.1 Å². The molecular formula is C16H15F3N4O2S2. The largest absolute Gasteiger partial charge is 0.416 e. The third-order valence-corrected chi connectivity index (χ3v) is 5.90. The molecule has 2 N–H and O–H groups in total. The van der Waals surface area contributed by atoms with Crippen molar-refractivity contribution in [1.29, 1.82) is 0 Å². The van der Waals surface area contributed by atoms with E-state index in [2.05, 4.69) is 19.4 Å². The number of hydrogen-bond acceptors (Lipinski definition) is 6. The minimum atomic E-state index is -4.60. The van der Waals surface area contributed by atoms with Gasteiger partial charge in [0.25, 0.3) is 0 Å². The molecule has 0 aliphatic heterocycles. The predicted octanol–water partition coefficient (Wildman–Crippen LogP) is 3.49. The summed E-state index contributed by atoms with van der Waals surface area (Å²) in [5.41, 5.74) is -0.262. The van der Waals surface area contributed by atoms with Crippen molar-refractivity contribution in [2.45, 2.75) is 17.5 Å². The van der Waals surface area contributed by atoms with Gasteiger partial charge in [0, 0.05) is 19.3 Å². The van der Waals surface area contributed by atoms with Gasteiger partial charge in [-0.15, -0.1) is 0 Å². The summed E-state index contributed by atoms with van der Waals surface area (Å²) in [7, 11) is -4.02. The molecule has 0 radical (unpaired) electrons. The molecule has 0 saturated carbocycles. The van der Waals surface area contributed by atoms with Gasteiger partial charge >= 0.3 is 6.18 Å². The first-order valence-electron chi connectivity index (χ1n) is 7.88. The lowest BCUT2D eigenvalue weighted by Crippen LogP contribution is -2.26. The van der Waals surface area contributed by atoms with Crippen LogP contribution in [0.3, 0.4) is 0 Å². The maximum atomic E-state index is 12.7. The summed E-state index contributed by atoms with van der Waals surface area (Å²) in [6.07, 6.45) is -2.52. The van der Waals surface area contributed by atoms with Gasteiger partial charge in [0.2, 0.25) is 10.0 Å². The molecule has 11 heteroatoms. The Morgan fingerprint density at radius 3 is 2.70 bits per heavy atom. The second-order valence-electron chi connectivity index (χ2n) is 5.59. The standard InChI is InChI=1S/C16H15F3N4O2S2/c17-16(18,19)11-4-1-5-12(10-11)27(24,25)22-9-3-8-21-15-14-13(26-23-15)6-2-7-20-14/h1-2,4-7,10,22H,3,8-9H2,(H,21,23). The van der Waals surface area contributed by atoms with Crippen molar-refractivity contribution in [3.8, 4) is 0 Å². The zero-order chi connectivity index (χ0) is 19.5. The van der Waals surface area contributed by atoms with Crippen LogP contribution < -0.4 is 10.0 Å². The number of pyridine rings is 1. The van der Waals surface area contributed by atoms with Crippen LogP contribution in [-0.2, 0) is 16.2 Å². The molecule has 2 heterocycles. The summed E-state index contributed by atoms with van der Waals surface area (Å²) >= 11 is 1.30. The van der Waals surface area contributed by atoms with E-state index in [1.165, 1.54) is 11.5 Å². The molecular weight excluding hydrogens is 401 g/mol. The molecule has 0 atom stereocenters. The van der Waals surface area contributed by atoms with E-state index in [9.17, 15) is 21.6 Å². The number of aromatic nitrogens is 2. The predicted molar refractivity (Wildman–Crippen MR) is 97.2 cm³/mol. The van der Waals surface area contributed by atoms with E-state index in [1.54, 1.807) is 6.20 Å². The highest BCUT2D eigenvalue weighted by Gasteiger charge is 2.31. The summed E-state index contributed by atoms with van der Waals surface area (Å²) in [6.45, 7) is 0.502. The van der Waals surface area contributed by atoms with Crippen molar-refractivity contribution in [2.24, 2.45) is 0 Å². The Bertz CT molecular complexity index is 1040. The molecule has 2 aromatic heterocycles. The van der Waals surface area contributed by atoms with Crippen LogP contribution in [0.2, 0.25) is 0 Å². The molecule has 6 nitrogen and oxygen atoms in total. The summed E-state index contributed by atoms with van der Waals surface area (Å²) in [5, 5.41) is 3.08. The summed E-state index contributed by atoms with van der Waals surface area (Å²) in [4.78, 5) is 3.81. The lowest BCUT2D eigenvalue weighted by atomic mass is 10.2. The molecule has 3 aromatic rings. The third-order valence-electron chi connectivity index (χ3n) is 3.64. The minimum absolute atomic E-state index is 0.0705. The van der Waals surface area contributed by atoms with Gasteiger partial charge in [-0.25, -0.2) is 13.1 Å². The normalized spacial score (nSPS) is 12.4. The zero-order valence-electron chi connectivity index (χ0n) is 13.8. The highest BCUT2D eigenvalue weighted by molar-refractivity contribution is 7.89. The molecule has 0 fully saturated rings. The number of benzene rings is 1. The van der Waals surface area contributed by atoms with Crippen LogP contribution in [0.25, 0.3) is 10.2 Å². The fourth-order valence-electron chi connectivity index (χ4n) is 2.32. The van der Waals surface area contributed by atoms with Gasteiger partial charge in [0.15, 0.2) is 5.82 Å². The average Bonchev–Trinajstić information content (AvgIpc) is 3.04. The Kier molecular flexibility index (Phi) is 5.63. The van der Waals surface area contributed by atoms with Gasteiger partial charge in [0.1, 0.15) is 5.52 Å². The van der Waals surface area contributed by atoms with Crippen molar-refractivity contribution in [3.63, 3.8) is 0 Å². The molecule has 0 saturated heterocycles. The number of sulfonamides is 1. The molecule has 0 spiro atoms. The topological polar surface area (TPSA) is 84.0 Å². The quantitative estimate of drug-likeness (QED) is 0.576. The fourth-order valence-corrected chi connectivity index (χ4v) is 4.16. The van der Waals surface area contributed by atoms with E-state index in [0.29, 0.717) is 24.8 Å². The van der Waals surface area contributed by atoms with Crippen molar-refractivity contribution < 1.29 is 21.6 Å². The Balaban J connectivity index is 1.54. The van der Waals surface area contributed by atoms with Gasteiger partial charge < -0.3 is 5.32 Å². The number of anilines is 1. The molecule has 0 unspecified atom stereocenters. The maximum Gasteiger partial charge on any atom is 0.416 e. The SMILES string of the molecule is O=S(=O)(NCCCNc1nsc2cccnc12)c1cccc(C(F)(F)F)c1. The molecule has 144 valence electrons.